The molecule has 0 aliphatic carbocycles. The third kappa shape index (κ3) is 4.10. The molecule has 1 heterocycles. The molecular formula is C14H27N3O. The predicted molar refractivity (Wildman–Crippen MR) is 74.3 cm³/mol. The number of aliphatic hydroxyl groups is 1. The van der Waals surface area contributed by atoms with E-state index < -0.39 is 0 Å². The standard InChI is InChI=1S/C14H27N3O/c1-5-11(6-2)14(18)9-15-13(7-3)12-8-16-17(4)10-12/h8,10-11,13-15,18H,5-7,9H2,1-4H3. The van der Waals surface area contributed by atoms with E-state index in [1.165, 1.54) is 5.56 Å². The van der Waals surface area contributed by atoms with Crippen LogP contribution in [0.1, 0.15) is 51.6 Å². The summed E-state index contributed by atoms with van der Waals surface area (Å²) in [5.74, 6) is 0.393. The first kappa shape index (κ1) is 15.2. The third-order valence-corrected chi connectivity index (χ3v) is 3.70. The van der Waals surface area contributed by atoms with E-state index in [0.717, 1.165) is 19.3 Å². The average molecular weight is 253 g/mol. The van der Waals surface area contributed by atoms with Crippen molar-refractivity contribution in [3.05, 3.63) is 18.0 Å². The zero-order valence-corrected chi connectivity index (χ0v) is 12.1. The molecule has 0 fully saturated rings. The minimum absolute atomic E-state index is 0.259. The molecule has 0 aliphatic heterocycles. The molecule has 0 saturated carbocycles. The van der Waals surface area contributed by atoms with Gasteiger partial charge < -0.3 is 10.4 Å². The van der Waals surface area contributed by atoms with Crippen LogP contribution in [0.4, 0.5) is 0 Å². The second-order valence-corrected chi connectivity index (χ2v) is 4.96. The van der Waals surface area contributed by atoms with Crippen molar-refractivity contribution in [1.29, 1.82) is 0 Å². The van der Waals surface area contributed by atoms with Gasteiger partial charge in [0, 0.05) is 31.4 Å². The lowest BCUT2D eigenvalue weighted by atomic mass is 9.96. The lowest BCUT2D eigenvalue weighted by molar-refractivity contribution is 0.0980. The molecule has 0 spiro atoms. The summed E-state index contributed by atoms with van der Waals surface area (Å²) in [7, 11) is 1.93. The van der Waals surface area contributed by atoms with Crippen LogP contribution < -0.4 is 5.32 Å². The van der Waals surface area contributed by atoms with Gasteiger partial charge in [0.25, 0.3) is 0 Å². The van der Waals surface area contributed by atoms with Crippen molar-refractivity contribution in [3.63, 3.8) is 0 Å². The highest BCUT2D eigenvalue weighted by Gasteiger charge is 2.17. The maximum Gasteiger partial charge on any atom is 0.0692 e. The topological polar surface area (TPSA) is 50.1 Å². The predicted octanol–water partition coefficient (Wildman–Crippen LogP) is 2.26. The van der Waals surface area contributed by atoms with Crippen LogP contribution >= 0.6 is 0 Å². The quantitative estimate of drug-likeness (QED) is 0.747. The molecule has 4 nitrogen and oxygen atoms in total. The van der Waals surface area contributed by atoms with Crippen LogP contribution in [0.25, 0.3) is 0 Å². The van der Waals surface area contributed by atoms with E-state index in [9.17, 15) is 5.11 Å². The molecule has 1 rings (SSSR count). The van der Waals surface area contributed by atoms with Gasteiger partial charge in [-0.05, 0) is 12.3 Å². The van der Waals surface area contributed by atoms with E-state index in [2.05, 4.69) is 31.2 Å². The van der Waals surface area contributed by atoms with Crippen molar-refractivity contribution in [2.45, 2.75) is 52.2 Å². The van der Waals surface area contributed by atoms with Gasteiger partial charge in [-0.15, -0.1) is 0 Å². The fourth-order valence-electron chi connectivity index (χ4n) is 2.38. The van der Waals surface area contributed by atoms with E-state index in [1.807, 2.05) is 24.1 Å². The van der Waals surface area contributed by atoms with Gasteiger partial charge >= 0.3 is 0 Å². The van der Waals surface area contributed by atoms with Gasteiger partial charge in [0.15, 0.2) is 0 Å². The van der Waals surface area contributed by atoms with Crippen molar-refractivity contribution < 1.29 is 5.11 Å². The van der Waals surface area contributed by atoms with Crippen molar-refractivity contribution in [3.8, 4) is 0 Å². The Hall–Kier alpha value is -0.870. The molecule has 4 heteroatoms. The first-order valence-electron chi connectivity index (χ1n) is 7.02. The molecule has 0 aliphatic rings. The molecule has 2 N–H and O–H groups in total. The molecule has 1 aromatic rings. The molecule has 18 heavy (non-hydrogen) atoms. The lowest BCUT2D eigenvalue weighted by Crippen LogP contribution is -2.34. The van der Waals surface area contributed by atoms with Crippen LogP contribution in [0.3, 0.4) is 0 Å². The maximum atomic E-state index is 10.1. The van der Waals surface area contributed by atoms with Crippen LogP contribution in [-0.2, 0) is 7.05 Å². The summed E-state index contributed by atoms with van der Waals surface area (Å²) in [6, 6.07) is 0.280. The molecule has 0 aromatic carbocycles. The Kier molecular flexibility index (Phi) is 6.36. The van der Waals surface area contributed by atoms with E-state index in [4.69, 9.17) is 0 Å². The Balaban J connectivity index is 2.49. The number of nitrogens with zero attached hydrogens (tertiary/aromatic N) is 2. The van der Waals surface area contributed by atoms with Crippen LogP contribution in [-0.4, -0.2) is 27.5 Å². The average Bonchev–Trinajstić information content (AvgIpc) is 2.78. The summed E-state index contributed by atoms with van der Waals surface area (Å²) in [5, 5.41) is 17.8. The van der Waals surface area contributed by atoms with E-state index in [1.54, 1.807) is 0 Å². The first-order chi connectivity index (χ1) is 8.62. The van der Waals surface area contributed by atoms with Crippen LogP contribution in [0, 0.1) is 5.92 Å². The Labute approximate surface area is 110 Å². The summed E-state index contributed by atoms with van der Waals surface area (Å²) in [6.07, 6.45) is 6.73. The van der Waals surface area contributed by atoms with Crippen molar-refractivity contribution in [2.24, 2.45) is 13.0 Å². The molecule has 104 valence electrons. The SMILES string of the molecule is CCC(NCC(O)C(CC)CC)c1cnn(C)c1. The second kappa shape index (κ2) is 7.54. The summed E-state index contributed by atoms with van der Waals surface area (Å²) in [6.45, 7) is 7.07. The number of hydrogen-bond donors (Lipinski definition) is 2. The number of hydrogen-bond acceptors (Lipinski definition) is 3. The Morgan fingerprint density at radius 2 is 1.94 bits per heavy atom. The summed E-state index contributed by atoms with van der Waals surface area (Å²) in [5.41, 5.74) is 1.19. The number of rotatable bonds is 8. The largest absolute Gasteiger partial charge is 0.392 e. The monoisotopic (exact) mass is 253 g/mol. The Morgan fingerprint density at radius 1 is 1.28 bits per heavy atom. The van der Waals surface area contributed by atoms with Gasteiger partial charge in [-0.2, -0.15) is 5.10 Å². The van der Waals surface area contributed by atoms with Crippen molar-refractivity contribution in [2.75, 3.05) is 6.54 Å². The first-order valence-corrected chi connectivity index (χ1v) is 7.02. The van der Waals surface area contributed by atoms with Crippen molar-refractivity contribution >= 4 is 0 Å². The van der Waals surface area contributed by atoms with E-state index in [-0.39, 0.29) is 12.1 Å². The summed E-state index contributed by atoms with van der Waals surface area (Å²) in [4.78, 5) is 0. The molecule has 0 radical (unpaired) electrons. The fourth-order valence-corrected chi connectivity index (χ4v) is 2.38. The molecule has 1 aromatic heterocycles. The zero-order valence-electron chi connectivity index (χ0n) is 12.1. The highest BCUT2D eigenvalue weighted by molar-refractivity contribution is 5.09. The van der Waals surface area contributed by atoms with Crippen LogP contribution in [0.5, 0.6) is 0 Å². The number of aliphatic hydroxyl groups excluding tert-OH is 1. The van der Waals surface area contributed by atoms with Gasteiger partial charge in [0.1, 0.15) is 0 Å². The lowest BCUT2D eigenvalue weighted by Gasteiger charge is -2.23. The maximum absolute atomic E-state index is 10.1. The third-order valence-electron chi connectivity index (χ3n) is 3.70. The minimum atomic E-state index is -0.259. The molecule has 0 amide bonds. The number of nitrogens with one attached hydrogen (secondary N) is 1. The Morgan fingerprint density at radius 3 is 2.39 bits per heavy atom. The van der Waals surface area contributed by atoms with Crippen molar-refractivity contribution in [1.82, 2.24) is 15.1 Å². The molecular weight excluding hydrogens is 226 g/mol. The summed E-state index contributed by atoms with van der Waals surface area (Å²) < 4.78 is 1.82. The smallest absolute Gasteiger partial charge is 0.0692 e. The highest BCUT2D eigenvalue weighted by Crippen LogP contribution is 2.17. The van der Waals surface area contributed by atoms with Crippen LogP contribution in [0.15, 0.2) is 12.4 Å². The summed E-state index contributed by atoms with van der Waals surface area (Å²) >= 11 is 0. The van der Waals surface area contributed by atoms with Gasteiger partial charge in [0.05, 0.1) is 12.3 Å². The fraction of sp³-hybridized carbons (Fsp3) is 0.786. The number of aryl methyl sites for hydroxylation is 1. The van der Waals surface area contributed by atoms with Gasteiger partial charge in [0.2, 0.25) is 0 Å². The van der Waals surface area contributed by atoms with Gasteiger partial charge in [-0.1, -0.05) is 33.6 Å². The molecule has 2 unspecified atom stereocenters. The molecule has 2 atom stereocenters. The normalized spacial score (nSPS) is 15.0. The second-order valence-electron chi connectivity index (χ2n) is 4.96. The molecule has 0 bridgehead atoms. The van der Waals surface area contributed by atoms with E-state index >= 15 is 0 Å². The van der Waals surface area contributed by atoms with Crippen LogP contribution in [0.2, 0.25) is 0 Å². The molecule has 0 saturated heterocycles. The Bertz CT molecular complexity index is 334. The zero-order chi connectivity index (χ0) is 13.5. The van der Waals surface area contributed by atoms with Gasteiger partial charge in [-0.25, -0.2) is 0 Å². The number of aromatic nitrogens is 2. The minimum Gasteiger partial charge on any atom is -0.392 e. The van der Waals surface area contributed by atoms with Gasteiger partial charge in [-0.3, -0.25) is 4.68 Å². The van der Waals surface area contributed by atoms with E-state index in [0.29, 0.717) is 12.5 Å². The highest BCUT2D eigenvalue weighted by atomic mass is 16.3.